The quantitative estimate of drug-likeness (QED) is 0.609. The maximum atomic E-state index is 11.8. The summed E-state index contributed by atoms with van der Waals surface area (Å²) >= 11 is 0. The van der Waals surface area contributed by atoms with Crippen LogP contribution in [0.5, 0.6) is 0 Å². The minimum absolute atomic E-state index is 0.0619. The van der Waals surface area contributed by atoms with Gasteiger partial charge in [0.05, 0.1) is 6.54 Å². The van der Waals surface area contributed by atoms with Gasteiger partial charge in [0.2, 0.25) is 11.8 Å². The number of primary amides is 1. The predicted octanol–water partition coefficient (Wildman–Crippen LogP) is -0.430. The summed E-state index contributed by atoms with van der Waals surface area (Å²) < 4.78 is 0. The van der Waals surface area contributed by atoms with Crippen LogP contribution in [-0.4, -0.2) is 47.9 Å². The van der Waals surface area contributed by atoms with E-state index in [4.69, 9.17) is 11.5 Å². The lowest BCUT2D eigenvalue weighted by Crippen LogP contribution is -2.47. The van der Waals surface area contributed by atoms with Crippen molar-refractivity contribution in [2.24, 2.45) is 11.5 Å². The molecule has 0 bridgehead atoms. The Morgan fingerprint density at radius 2 is 1.89 bits per heavy atom. The Labute approximate surface area is 114 Å². The van der Waals surface area contributed by atoms with Gasteiger partial charge in [-0.1, -0.05) is 0 Å². The molecule has 0 aromatic heterocycles. The molecule has 0 aromatic rings. The van der Waals surface area contributed by atoms with Crippen molar-refractivity contribution < 1.29 is 9.59 Å². The van der Waals surface area contributed by atoms with Gasteiger partial charge in [0.1, 0.15) is 0 Å². The van der Waals surface area contributed by atoms with Gasteiger partial charge in [-0.25, -0.2) is 0 Å². The van der Waals surface area contributed by atoms with E-state index in [2.05, 4.69) is 5.32 Å². The summed E-state index contributed by atoms with van der Waals surface area (Å²) in [6.45, 7) is 5.75. The molecule has 5 N–H and O–H groups in total. The molecule has 6 heteroatoms. The molecule has 1 saturated heterocycles. The molecule has 1 heterocycles. The van der Waals surface area contributed by atoms with Gasteiger partial charge < -0.3 is 16.8 Å². The van der Waals surface area contributed by atoms with Crippen LogP contribution in [0.2, 0.25) is 0 Å². The molecule has 0 aromatic carbocycles. The van der Waals surface area contributed by atoms with E-state index in [0.717, 1.165) is 25.9 Å². The monoisotopic (exact) mass is 270 g/mol. The fourth-order valence-electron chi connectivity index (χ4n) is 2.19. The van der Waals surface area contributed by atoms with Crippen LogP contribution in [0.15, 0.2) is 0 Å². The SMILES string of the molecule is CC(C)(N)CCC(=O)NC1CCN(CC(N)=O)CC1. The van der Waals surface area contributed by atoms with Crippen molar-refractivity contribution in [3.8, 4) is 0 Å². The first-order chi connectivity index (χ1) is 8.76. The molecule has 0 aliphatic carbocycles. The second kappa shape index (κ2) is 6.86. The zero-order chi connectivity index (χ0) is 14.5. The predicted molar refractivity (Wildman–Crippen MR) is 74.3 cm³/mol. The Morgan fingerprint density at radius 3 is 2.37 bits per heavy atom. The van der Waals surface area contributed by atoms with Gasteiger partial charge in [0.25, 0.3) is 0 Å². The minimum atomic E-state index is -0.303. The molecule has 2 amide bonds. The summed E-state index contributed by atoms with van der Waals surface area (Å²) in [7, 11) is 0. The summed E-state index contributed by atoms with van der Waals surface area (Å²) in [4.78, 5) is 24.6. The van der Waals surface area contributed by atoms with Gasteiger partial charge in [-0.3, -0.25) is 14.5 Å². The number of rotatable bonds is 6. The number of hydrogen-bond donors (Lipinski definition) is 3. The highest BCUT2D eigenvalue weighted by molar-refractivity contribution is 5.76. The van der Waals surface area contributed by atoms with Gasteiger partial charge in [0, 0.05) is 31.1 Å². The summed E-state index contributed by atoms with van der Waals surface area (Å²) in [5, 5.41) is 3.03. The fourth-order valence-corrected chi connectivity index (χ4v) is 2.19. The molecule has 1 fully saturated rings. The van der Waals surface area contributed by atoms with E-state index >= 15 is 0 Å². The Morgan fingerprint density at radius 1 is 1.32 bits per heavy atom. The van der Waals surface area contributed by atoms with Gasteiger partial charge in [0.15, 0.2) is 0 Å². The van der Waals surface area contributed by atoms with E-state index in [-0.39, 0.29) is 23.4 Å². The smallest absolute Gasteiger partial charge is 0.231 e. The van der Waals surface area contributed by atoms with Crippen molar-refractivity contribution in [3.05, 3.63) is 0 Å². The van der Waals surface area contributed by atoms with Crippen LogP contribution >= 0.6 is 0 Å². The standard InChI is InChI=1S/C13H26N4O2/c1-13(2,15)6-3-12(19)16-10-4-7-17(8-5-10)9-11(14)18/h10H,3-9,15H2,1-2H3,(H2,14,18)(H,16,19). The number of piperidine rings is 1. The molecule has 0 unspecified atom stereocenters. The zero-order valence-corrected chi connectivity index (χ0v) is 11.9. The molecule has 110 valence electrons. The first kappa shape index (κ1) is 15.9. The maximum Gasteiger partial charge on any atom is 0.231 e. The zero-order valence-electron chi connectivity index (χ0n) is 11.9. The third-order valence-electron chi connectivity index (χ3n) is 3.33. The molecule has 6 nitrogen and oxygen atoms in total. The number of nitrogens with one attached hydrogen (secondary N) is 1. The van der Waals surface area contributed by atoms with Crippen molar-refractivity contribution in [1.82, 2.24) is 10.2 Å². The number of nitrogens with zero attached hydrogens (tertiary/aromatic N) is 1. The average Bonchev–Trinajstić information content (AvgIpc) is 2.28. The lowest BCUT2D eigenvalue weighted by atomic mass is 9.99. The average molecular weight is 270 g/mol. The summed E-state index contributed by atoms with van der Waals surface area (Å²) in [6, 6.07) is 0.206. The van der Waals surface area contributed by atoms with Crippen LogP contribution < -0.4 is 16.8 Å². The van der Waals surface area contributed by atoms with E-state index in [9.17, 15) is 9.59 Å². The summed E-state index contributed by atoms with van der Waals surface area (Å²) in [5.41, 5.74) is 10.7. The second-order valence-corrected chi connectivity index (χ2v) is 6.07. The van der Waals surface area contributed by atoms with Crippen LogP contribution in [0.1, 0.15) is 39.5 Å². The number of hydrogen-bond acceptors (Lipinski definition) is 4. The normalized spacial score (nSPS) is 18.3. The highest BCUT2D eigenvalue weighted by atomic mass is 16.2. The van der Waals surface area contributed by atoms with Crippen molar-refractivity contribution in [2.45, 2.75) is 51.1 Å². The number of nitrogens with two attached hydrogens (primary N) is 2. The van der Waals surface area contributed by atoms with Crippen LogP contribution in [0.25, 0.3) is 0 Å². The molecule has 0 atom stereocenters. The van der Waals surface area contributed by atoms with Crippen LogP contribution in [0.3, 0.4) is 0 Å². The van der Waals surface area contributed by atoms with Crippen LogP contribution in [0.4, 0.5) is 0 Å². The third-order valence-corrected chi connectivity index (χ3v) is 3.33. The highest BCUT2D eigenvalue weighted by Gasteiger charge is 2.22. The molecular formula is C13H26N4O2. The number of amides is 2. The fraction of sp³-hybridized carbons (Fsp3) is 0.846. The van der Waals surface area contributed by atoms with E-state index in [1.54, 1.807) is 0 Å². The third kappa shape index (κ3) is 7.12. The van der Waals surface area contributed by atoms with Gasteiger partial charge in [-0.05, 0) is 33.1 Å². The van der Waals surface area contributed by atoms with Gasteiger partial charge in [-0.2, -0.15) is 0 Å². The Kier molecular flexibility index (Phi) is 5.75. The highest BCUT2D eigenvalue weighted by Crippen LogP contribution is 2.11. The number of likely N-dealkylation sites (tertiary alicyclic amines) is 1. The lowest BCUT2D eigenvalue weighted by Gasteiger charge is -2.31. The van der Waals surface area contributed by atoms with Gasteiger partial charge >= 0.3 is 0 Å². The molecule has 1 aliphatic rings. The molecule has 0 spiro atoms. The van der Waals surface area contributed by atoms with Crippen LogP contribution in [0, 0.1) is 0 Å². The maximum absolute atomic E-state index is 11.8. The number of carbonyl (C=O) groups is 2. The molecule has 1 aliphatic heterocycles. The Hall–Kier alpha value is -1.14. The summed E-state index contributed by atoms with van der Waals surface area (Å²) in [6.07, 6.45) is 2.88. The summed E-state index contributed by atoms with van der Waals surface area (Å²) in [5.74, 6) is -0.237. The second-order valence-electron chi connectivity index (χ2n) is 6.07. The molecule has 19 heavy (non-hydrogen) atoms. The first-order valence-corrected chi connectivity index (χ1v) is 6.85. The van der Waals surface area contributed by atoms with Crippen molar-refractivity contribution in [2.75, 3.05) is 19.6 Å². The molecule has 0 saturated carbocycles. The van der Waals surface area contributed by atoms with Gasteiger partial charge in [-0.15, -0.1) is 0 Å². The topological polar surface area (TPSA) is 101 Å². The lowest BCUT2D eigenvalue weighted by molar-refractivity contribution is -0.123. The first-order valence-electron chi connectivity index (χ1n) is 6.85. The van der Waals surface area contributed by atoms with Crippen molar-refractivity contribution in [1.29, 1.82) is 0 Å². The molecule has 1 rings (SSSR count). The Bertz CT molecular complexity index is 317. The van der Waals surface area contributed by atoms with E-state index in [0.29, 0.717) is 19.4 Å². The Balaban J connectivity index is 2.21. The molecular weight excluding hydrogens is 244 g/mol. The van der Waals surface area contributed by atoms with Crippen LogP contribution in [-0.2, 0) is 9.59 Å². The minimum Gasteiger partial charge on any atom is -0.369 e. The van der Waals surface area contributed by atoms with E-state index in [1.807, 2.05) is 18.7 Å². The largest absolute Gasteiger partial charge is 0.369 e. The molecule has 0 radical (unpaired) electrons. The van der Waals surface area contributed by atoms with E-state index in [1.165, 1.54) is 0 Å². The van der Waals surface area contributed by atoms with E-state index < -0.39 is 0 Å². The van der Waals surface area contributed by atoms with Crippen molar-refractivity contribution in [3.63, 3.8) is 0 Å². The van der Waals surface area contributed by atoms with Crippen molar-refractivity contribution >= 4 is 11.8 Å². The number of carbonyl (C=O) groups excluding carboxylic acids is 2.